The summed E-state index contributed by atoms with van der Waals surface area (Å²) in [6, 6.07) is 44.8. The Morgan fingerprint density at radius 2 is 1.11 bits per heavy atom. The van der Waals surface area contributed by atoms with Crippen LogP contribution in [0.1, 0.15) is 170 Å². The lowest BCUT2D eigenvalue weighted by molar-refractivity contribution is -0.217. The van der Waals surface area contributed by atoms with Gasteiger partial charge in [0.25, 0.3) is 5.91 Å². The van der Waals surface area contributed by atoms with E-state index in [1.165, 1.54) is 149 Å². The molecule has 2 aliphatic carbocycles. The van der Waals surface area contributed by atoms with Crippen molar-refractivity contribution in [2.75, 3.05) is 4.90 Å². The molecule has 1 N–H and O–H groups in total. The molecular formula is C64H72N2O3S3. The zero-order chi connectivity index (χ0) is 50.4. The number of nitrogens with zero attached hydrogens (tertiary/aromatic N) is 2. The highest BCUT2D eigenvalue weighted by Gasteiger charge is 2.44. The summed E-state index contributed by atoms with van der Waals surface area (Å²) in [7, 11) is 0. The molecule has 0 saturated carbocycles. The van der Waals surface area contributed by atoms with Crippen LogP contribution >= 0.6 is 35.3 Å². The molecule has 374 valence electrons. The van der Waals surface area contributed by atoms with E-state index in [-0.39, 0.29) is 26.9 Å². The van der Waals surface area contributed by atoms with Crippen LogP contribution in [0, 0.1) is 0 Å². The van der Waals surface area contributed by atoms with Gasteiger partial charge >= 0.3 is 0 Å². The smallest absolute Gasteiger partial charge is 0.273 e. The van der Waals surface area contributed by atoms with Crippen molar-refractivity contribution in [3.05, 3.63) is 165 Å². The number of thiocarbonyl (C=S) groups is 1. The van der Waals surface area contributed by atoms with Crippen molar-refractivity contribution >= 4 is 68.7 Å². The maximum absolute atomic E-state index is 13.5. The van der Waals surface area contributed by atoms with Gasteiger partial charge in [0.2, 0.25) is 5.88 Å². The van der Waals surface area contributed by atoms with Crippen molar-refractivity contribution in [1.29, 1.82) is 0 Å². The molecule has 0 bridgehead atoms. The number of carbonyl (C=O) groups excluding carboxylic acids is 1. The van der Waals surface area contributed by atoms with Crippen LogP contribution in [0.15, 0.2) is 133 Å². The third-order valence-electron chi connectivity index (χ3n) is 15.8. The van der Waals surface area contributed by atoms with Gasteiger partial charge in [-0.1, -0.05) is 202 Å². The number of amides is 1. The van der Waals surface area contributed by atoms with E-state index in [1.807, 2.05) is 6.08 Å². The first-order chi connectivity index (χ1) is 35.2. The maximum atomic E-state index is 13.5. The lowest BCUT2D eigenvalue weighted by Gasteiger charge is -2.35. The Morgan fingerprint density at radius 1 is 0.625 bits per heavy atom. The Labute approximate surface area is 443 Å². The minimum atomic E-state index is -0.347. The fourth-order valence-electron chi connectivity index (χ4n) is 12.2. The average molecular weight is 1010 g/mol. The monoisotopic (exact) mass is 1010 g/mol. The van der Waals surface area contributed by atoms with E-state index in [2.05, 4.69) is 166 Å². The van der Waals surface area contributed by atoms with Crippen LogP contribution in [0.5, 0.6) is 0 Å². The first kappa shape index (κ1) is 51.6. The second-order valence-corrected chi connectivity index (χ2v) is 23.1. The van der Waals surface area contributed by atoms with Crippen LogP contribution in [0.3, 0.4) is 0 Å². The van der Waals surface area contributed by atoms with Crippen molar-refractivity contribution < 1.29 is 14.9 Å². The molecule has 1 aliphatic heterocycles. The van der Waals surface area contributed by atoms with Gasteiger partial charge in [0.1, 0.15) is 0 Å². The summed E-state index contributed by atoms with van der Waals surface area (Å²) in [4.78, 5) is 24.1. The highest BCUT2D eigenvalue weighted by molar-refractivity contribution is 8.26. The zero-order valence-electron chi connectivity index (χ0n) is 43.2. The van der Waals surface area contributed by atoms with E-state index in [0.717, 1.165) is 59.6 Å². The number of fused-ring (bicyclic) bond motifs is 6. The second kappa shape index (κ2) is 22.9. The Bertz CT molecular complexity index is 2830. The molecule has 1 aromatic heterocycles. The summed E-state index contributed by atoms with van der Waals surface area (Å²) in [6.07, 6.45) is 21.5. The number of rotatable bonds is 24. The lowest BCUT2D eigenvalue weighted by atomic mass is 9.70. The molecule has 1 fully saturated rings. The van der Waals surface area contributed by atoms with Crippen LogP contribution in [-0.4, -0.2) is 20.4 Å². The van der Waals surface area contributed by atoms with E-state index < -0.39 is 0 Å². The molecule has 1 saturated heterocycles. The van der Waals surface area contributed by atoms with Gasteiger partial charge in [-0.2, -0.15) is 0 Å². The molecule has 5 nitrogen and oxygen atoms in total. The summed E-state index contributed by atoms with van der Waals surface area (Å²) in [6.45, 7) is 15.3. The highest BCUT2D eigenvalue weighted by Crippen LogP contribution is 2.58. The molecule has 0 radical (unpaired) electrons. The molecule has 6 aromatic rings. The summed E-state index contributed by atoms with van der Waals surface area (Å²) >= 11 is 8.40. The van der Waals surface area contributed by atoms with Crippen LogP contribution in [-0.2, 0) is 26.9 Å². The molecule has 0 atom stereocenters. The van der Waals surface area contributed by atoms with Crippen LogP contribution in [0.25, 0.3) is 38.8 Å². The topological polar surface area (TPSA) is 53.0 Å². The summed E-state index contributed by atoms with van der Waals surface area (Å²) < 4.78 is 0.281. The van der Waals surface area contributed by atoms with Crippen LogP contribution < -0.4 is 4.90 Å². The molecular weight excluding hydrogens is 941 g/mol. The second-order valence-electron chi connectivity index (χ2n) is 20.3. The Hall–Kier alpha value is -5.25. The predicted octanol–water partition coefficient (Wildman–Crippen LogP) is 19.5. The highest BCUT2D eigenvalue weighted by atomic mass is 32.2. The molecule has 5 aromatic carbocycles. The SMILES string of the molecule is C=C(OO)N1C(=O)C(=Cc2cc(CCCCCC)c(-c3ccc(N(c4ccc5c(c4)C(CCCC)(CCCC)c4ccccc4-5)c4ccc5c(c4)C(CCCC)(CCCC)c4ccccc4-5)cc3)s2)SC1=S. The molecule has 2 heterocycles. The van der Waals surface area contributed by atoms with Crippen molar-refractivity contribution in [3.63, 3.8) is 0 Å². The molecule has 0 spiro atoms. The molecule has 9 rings (SSSR count). The van der Waals surface area contributed by atoms with Crippen LogP contribution in [0.2, 0.25) is 0 Å². The third kappa shape index (κ3) is 9.70. The number of thiophene rings is 1. The molecule has 3 aliphatic rings. The minimum absolute atomic E-state index is 0.0381. The largest absolute Gasteiger partial charge is 0.322 e. The molecule has 1 amide bonds. The zero-order valence-corrected chi connectivity index (χ0v) is 45.6. The number of benzene rings is 5. The predicted molar refractivity (Wildman–Crippen MR) is 311 cm³/mol. The lowest BCUT2D eigenvalue weighted by Crippen LogP contribution is -2.27. The van der Waals surface area contributed by atoms with Crippen molar-refractivity contribution in [2.45, 2.75) is 155 Å². The van der Waals surface area contributed by atoms with Gasteiger partial charge in [-0.05, 0) is 149 Å². The third-order valence-corrected chi connectivity index (χ3v) is 18.3. The van der Waals surface area contributed by atoms with Crippen molar-refractivity contribution in [3.8, 4) is 32.7 Å². The molecule has 0 unspecified atom stereocenters. The van der Waals surface area contributed by atoms with E-state index >= 15 is 0 Å². The van der Waals surface area contributed by atoms with Crippen LogP contribution in [0.4, 0.5) is 17.1 Å². The van der Waals surface area contributed by atoms with Gasteiger partial charge in [0, 0.05) is 37.6 Å². The van der Waals surface area contributed by atoms with E-state index in [1.54, 1.807) is 11.3 Å². The minimum Gasteiger partial charge on any atom is -0.322 e. The number of anilines is 3. The van der Waals surface area contributed by atoms with Gasteiger partial charge in [-0.15, -0.1) is 11.3 Å². The summed E-state index contributed by atoms with van der Waals surface area (Å²) in [5, 5.41) is 9.29. The Kier molecular flexibility index (Phi) is 16.4. The summed E-state index contributed by atoms with van der Waals surface area (Å²) in [5.74, 6) is -0.548. The number of unbranched alkanes of at least 4 members (excludes halogenated alkanes) is 7. The first-order valence-corrected chi connectivity index (χ1v) is 29.0. The van der Waals surface area contributed by atoms with E-state index in [4.69, 9.17) is 12.2 Å². The van der Waals surface area contributed by atoms with Crippen molar-refractivity contribution in [1.82, 2.24) is 4.90 Å². The van der Waals surface area contributed by atoms with Gasteiger partial charge in [0.05, 0.1) is 4.91 Å². The number of carbonyl (C=O) groups is 1. The number of hydrogen-bond donors (Lipinski definition) is 1. The number of thioether (sulfide) groups is 1. The average Bonchev–Trinajstić information content (AvgIpc) is 4.11. The van der Waals surface area contributed by atoms with Gasteiger partial charge in [-0.3, -0.25) is 4.79 Å². The first-order valence-electron chi connectivity index (χ1n) is 27.0. The molecule has 72 heavy (non-hydrogen) atoms. The summed E-state index contributed by atoms with van der Waals surface area (Å²) in [5.41, 5.74) is 17.4. The maximum Gasteiger partial charge on any atom is 0.273 e. The van der Waals surface area contributed by atoms with Gasteiger partial charge < -0.3 is 9.79 Å². The molecule has 8 heteroatoms. The fraction of sp³-hybridized carbons (Fsp3) is 0.375. The normalized spacial score (nSPS) is 15.5. The Morgan fingerprint density at radius 3 is 1.61 bits per heavy atom. The van der Waals surface area contributed by atoms with E-state index in [9.17, 15) is 10.1 Å². The number of aryl methyl sites for hydroxylation is 1. The van der Waals surface area contributed by atoms with Crippen molar-refractivity contribution in [2.24, 2.45) is 0 Å². The van der Waals surface area contributed by atoms with Gasteiger partial charge in [0.15, 0.2) is 4.32 Å². The fourth-order valence-corrected chi connectivity index (χ4v) is 14.7. The standard InChI is InChI=1S/C64H72N2O3S3/c1-7-12-17-18-23-46-40-50(43-59-61(67)65(44(6)69-68)62(70)72-59)71-60(46)45-28-30-47(31-29-45)66(48-32-34-53-51-24-19-21-26-55(51)63(36-13-8-2,37-14-9-3)57(53)41-48)49-33-35-54-52-25-20-22-27-56(52)64(38-15-10-4,39-16-11-5)58(54)42-49/h19-22,24-35,40-43,68H,6-18,23,36-39H2,1-5H3. The number of hydrogen-bond acceptors (Lipinski definition) is 7. The quantitative estimate of drug-likeness (QED) is 0.0163. The van der Waals surface area contributed by atoms with Gasteiger partial charge in [-0.25, -0.2) is 10.2 Å². The van der Waals surface area contributed by atoms with E-state index in [0.29, 0.717) is 4.91 Å². The Balaban J connectivity index is 1.19.